The van der Waals surface area contributed by atoms with Crippen LogP contribution in [0.5, 0.6) is 5.75 Å². The molecule has 1 heterocycles. The molecule has 0 saturated heterocycles. The lowest BCUT2D eigenvalue weighted by molar-refractivity contribution is -0.118. The van der Waals surface area contributed by atoms with Crippen molar-refractivity contribution in [1.82, 2.24) is 10.1 Å². The molecule has 1 amide bonds. The van der Waals surface area contributed by atoms with Crippen molar-refractivity contribution in [2.24, 2.45) is 0 Å². The van der Waals surface area contributed by atoms with E-state index in [0.717, 1.165) is 10.0 Å². The summed E-state index contributed by atoms with van der Waals surface area (Å²) in [4.78, 5) is 16.3. The summed E-state index contributed by atoms with van der Waals surface area (Å²) in [7, 11) is 0. The number of anilines is 1. The van der Waals surface area contributed by atoms with Crippen molar-refractivity contribution < 1.29 is 14.1 Å². The normalized spacial score (nSPS) is 10.5. The number of aromatic nitrogens is 2. The third-order valence-corrected chi connectivity index (χ3v) is 3.89. The minimum absolute atomic E-state index is 0.0770. The fourth-order valence-electron chi connectivity index (χ4n) is 2.12. The first-order chi connectivity index (χ1) is 12.1. The number of hydrogen-bond donors (Lipinski definition) is 1. The van der Waals surface area contributed by atoms with Crippen molar-refractivity contribution in [3.63, 3.8) is 0 Å². The predicted molar refractivity (Wildman–Crippen MR) is 97.4 cm³/mol. The van der Waals surface area contributed by atoms with E-state index in [-0.39, 0.29) is 12.5 Å². The summed E-state index contributed by atoms with van der Waals surface area (Å²) in [5, 5.41) is 6.67. The van der Waals surface area contributed by atoms with Crippen molar-refractivity contribution in [3.8, 4) is 17.2 Å². The third kappa shape index (κ3) is 4.67. The molecule has 0 radical (unpaired) electrons. The molecule has 6 nitrogen and oxygen atoms in total. The van der Waals surface area contributed by atoms with Gasteiger partial charge in [0.15, 0.2) is 12.4 Å². The van der Waals surface area contributed by atoms with E-state index < -0.39 is 0 Å². The molecule has 1 aromatic heterocycles. The van der Waals surface area contributed by atoms with E-state index in [1.54, 1.807) is 24.3 Å². The standard InChI is InChI=1S/C18H16BrN3O3/c1-2-16-21-18(25-22-16)12-4-3-5-14(10-12)20-17(23)11-24-15-8-6-13(19)7-9-15/h3-10H,2,11H2,1H3,(H,20,23). The third-order valence-electron chi connectivity index (χ3n) is 3.36. The number of amides is 1. The van der Waals surface area contributed by atoms with Crippen molar-refractivity contribution in [2.45, 2.75) is 13.3 Å². The molecule has 0 aliphatic carbocycles. The van der Waals surface area contributed by atoms with Crippen LogP contribution >= 0.6 is 15.9 Å². The van der Waals surface area contributed by atoms with Gasteiger partial charge in [0, 0.05) is 22.1 Å². The highest BCUT2D eigenvalue weighted by Gasteiger charge is 2.09. The summed E-state index contributed by atoms with van der Waals surface area (Å²) in [6, 6.07) is 14.5. The highest BCUT2D eigenvalue weighted by Crippen LogP contribution is 2.21. The van der Waals surface area contributed by atoms with Crippen molar-refractivity contribution in [2.75, 3.05) is 11.9 Å². The molecule has 3 aromatic rings. The van der Waals surface area contributed by atoms with Crippen LogP contribution in [0.15, 0.2) is 57.5 Å². The Balaban J connectivity index is 1.61. The van der Waals surface area contributed by atoms with Crippen molar-refractivity contribution in [1.29, 1.82) is 0 Å². The Bertz CT molecular complexity index is 862. The van der Waals surface area contributed by atoms with E-state index in [0.29, 0.717) is 29.6 Å². The van der Waals surface area contributed by atoms with Crippen LogP contribution in [0.3, 0.4) is 0 Å². The van der Waals surface area contributed by atoms with Crippen molar-refractivity contribution >= 4 is 27.5 Å². The molecule has 128 valence electrons. The van der Waals surface area contributed by atoms with Gasteiger partial charge >= 0.3 is 0 Å². The smallest absolute Gasteiger partial charge is 0.262 e. The molecule has 0 aliphatic rings. The Labute approximate surface area is 153 Å². The van der Waals surface area contributed by atoms with E-state index in [9.17, 15) is 4.79 Å². The van der Waals surface area contributed by atoms with Crippen LogP contribution in [0.1, 0.15) is 12.7 Å². The zero-order chi connectivity index (χ0) is 17.6. The maximum Gasteiger partial charge on any atom is 0.262 e. The first kappa shape index (κ1) is 17.2. The average Bonchev–Trinajstić information content (AvgIpc) is 3.11. The van der Waals surface area contributed by atoms with Crippen LogP contribution in [0.2, 0.25) is 0 Å². The van der Waals surface area contributed by atoms with E-state index in [4.69, 9.17) is 9.26 Å². The number of halogens is 1. The lowest BCUT2D eigenvalue weighted by Crippen LogP contribution is -2.20. The summed E-state index contributed by atoms with van der Waals surface area (Å²) < 4.78 is 11.6. The Hall–Kier alpha value is -2.67. The zero-order valence-corrected chi connectivity index (χ0v) is 15.1. The van der Waals surface area contributed by atoms with Gasteiger partial charge in [0.1, 0.15) is 5.75 Å². The first-order valence-corrected chi connectivity index (χ1v) is 8.54. The Morgan fingerprint density at radius 1 is 1.24 bits per heavy atom. The van der Waals surface area contributed by atoms with Crippen LogP contribution < -0.4 is 10.1 Å². The highest BCUT2D eigenvalue weighted by molar-refractivity contribution is 9.10. The summed E-state index contributed by atoms with van der Waals surface area (Å²) >= 11 is 3.35. The van der Waals surface area contributed by atoms with E-state index in [1.807, 2.05) is 31.2 Å². The fraction of sp³-hybridized carbons (Fsp3) is 0.167. The van der Waals surface area contributed by atoms with Gasteiger partial charge in [0.25, 0.3) is 11.8 Å². The van der Waals surface area contributed by atoms with Crippen LogP contribution in [0.25, 0.3) is 11.5 Å². The summed E-state index contributed by atoms with van der Waals surface area (Å²) in [5.74, 6) is 1.45. The number of ether oxygens (including phenoxy) is 1. The molecular weight excluding hydrogens is 386 g/mol. The lowest BCUT2D eigenvalue weighted by atomic mass is 10.2. The number of rotatable bonds is 6. The van der Waals surface area contributed by atoms with Crippen LogP contribution in [-0.2, 0) is 11.2 Å². The second kappa shape index (κ2) is 7.94. The second-order valence-electron chi connectivity index (χ2n) is 5.24. The minimum atomic E-state index is -0.250. The molecule has 1 N–H and O–H groups in total. The average molecular weight is 402 g/mol. The van der Waals surface area contributed by atoms with Gasteiger partial charge in [-0.15, -0.1) is 0 Å². The molecule has 0 atom stereocenters. The van der Waals surface area contributed by atoms with E-state index in [1.165, 1.54) is 0 Å². The van der Waals surface area contributed by atoms with E-state index >= 15 is 0 Å². The summed E-state index contributed by atoms with van der Waals surface area (Å²) in [6.07, 6.45) is 0.702. The van der Waals surface area contributed by atoms with Crippen LogP contribution in [-0.4, -0.2) is 22.7 Å². The zero-order valence-electron chi connectivity index (χ0n) is 13.5. The van der Waals surface area contributed by atoms with E-state index in [2.05, 4.69) is 31.4 Å². The quantitative estimate of drug-likeness (QED) is 0.673. The van der Waals surface area contributed by atoms with Gasteiger partial charge in [-0.05, 0) is 42.5 Å². The molecule has 0 unspecified atom stereocenters. The minimum Gasteiger partial charge on any atom is -0.484 e. The van der Waals surface area contributed by atoms with Gasteiger partial charge < -0.3 is 14.6 Å². The van der Waals surface area contributed by atoms with Crippen molar-refractivity contribution in [3.05, 3.63) is 58.8 Å². The first-order valence-electron chi connectivity index (χ1n) is 7.75. The van der Waals surface area contributed by atoms with Gasteiger partial charge in [0.2, 0.25) is 0 Å². The second-order valence-corrected chi connectivity index (χ2v) is 6.16. The van der Waals surface area contributed by atoms with Crippen LogP contribution in [0, 0.1) is 0 Å². The van der Waals surface area contributed by atoms with Gasteiger partial charge in [-0.3, -0.25) is 4.79 Å². The largest absolute Gasteiger partial charge is 0.484 e. The molecule has 0 saturated carbocycles. The van der Waals surface area contributed by atoms with Gasteiger partial charge in [0.05, 0.1) is 0 Å². The van der Waals surface area contributed by atoms with Gasteiger partial charge in [-0.25, -0.2) is 0 Å². The molecule has 3 rings (SSSR count). The molecule has 0 bridgehead atoms. The number of nitrogens with zero attached hydrogens (tertiary/aromatic N) is 2. The number of benzene rings is 2. The molecule has 7 heteroatoms. The summed E-state index contributed by atoms with van der Waals surface area (Å²) in [6.45, 7) is 1.88. The Kier molecular flexibility index (Phi) is 5.45. The predicted octanol–water partition coefficient (Wildman–Crippen LogP) is 4.08. The molecule has 2 aromatic carbocycles. The number of carbonyl (C=O) groups is 1. The maximum absolute atomic E-state index is 12.1. The molecular formula is C18H16BrN3O3. The SMILES string of the molecule is CCc1noc(-c2cccc(NC(=O)COc3ccc(Br)cc3)c2)n1. The van der Waals surface area contributed by atoms with Gasteiger partial charge in [-0.2, -0.15) is 4.98 Å². The number of aryl methyl sites for hydroxylation is 1. The molecule has 0 spiro atoms. The number of nitrogens with one attached hydrogen (secondary N) is 1. The number of carbonyl (C=O) groups excluding carboxylic acids is 1. The Morgan fingerprint density at radius 2 is 2.04 bits per heavy atom. The molecule has 0 aliphatic heterocycles. The van der Waals surface area contributed by atoms with Crippen LogP contribution in [0.4, 0.5) is 5.69 Å². The summed E-state index contributed by atoms with van der Waals surface area (Å²) in [5.41, 5.74) is 1.39. The fourth-order valence-corrected chi connectivity index (χ4v) is 2.39. The topological polar surface area (TPSA) is 77.2 Å². The maximum atomic E-state index is 12.1. The molecule has 0 fully saturated rings. The number of hydrogen-bond acceptors (Lipinski definition) is 5. The lowest BCUT2D eigenvalue weighted by Gasteiger charge is -2.08. The highest BCUT2D eigenvalue weighted by atomic mass is 79.9. The van der Waals surface area contributed by atoms with Gasteiger partial charge in [-0.1, -0.05) is 34.1 Å². The Morgan fingerprint density at radius 3 is 2.76 bits per heavy atom. The monoisotopic (exact) mass is 401 g/mol. The molecule has 25 heavy (non-hydrogen) atoms.